The molecule has 0 fully saturated rings. The van der Waals surface area contributed by atoms with Gasteiger partial charge in [0.1, 0.15) is 0 Å². The van der Waals surface area contributed by atoms with Crippen LogP contribution in [0.1, 0.15) is 24.1 Å². The van der Waals surface area contributed by atoms with Crippen LogP contribution in [0.15, 0.2) is 53.5 Å². The van der Waals surface area contributed by atoms with Crippen molar-refractivity contribution >= 4 is 6.21 Å². The molecule has 1 unspecified atom stereocenters. The van der Waals surface area contributed by atoms with Crippen LogP contribution in [-0.2, 0) is 0 Å². The molecule has 3 rings (SSSR count). The first-order chi connectivity index (χ1) is 7.86. The lowest BCUT2D eigenvalue weighted by molar-refractivity contribution is 0.830. The van der Waals surface area contributed by atoms with Gasteiger partial charge in [-0.1, -0.05) is 48.5 Å². The summed E-state index contributed by atoms with van der Waals surface area (Å²) in [5.41, 5.74) is 5.11. The summed E-state index contributed by atoms with van der Waals surface area (Å²) in [4.78, 5) is 4.58. The third-order valence-corrected chi connectivity index (χ3v) is 3.10. The highest BCUT2D eigenvalue weighted by molar-refractivity contribution is 5.92. The molecule has 2 aromatic carbocycles. The molecule has 1 heteroatoms. The van der Waals surface area contributed by atoms with Crippen molar-refractivity contribution in [2.75, 3.05) is 0 Å². The number of benzene rings is 2. The quantitative estimate of drug-likeness (QED) is 0.622. The van der Waals surface area contributed by atoms with Gasteiger partial charge in [-0.25, -0.2) is 0 Å². The summed E-state index contributed by atoms with van der Waals surface area (Å²) in [6.07, 6.45) is 1.99. The molecule has 0 saturated carbocycles. The minimum absolute atomic E-state index is 0.239. The number of nitrogens with zero attached hydrogens (tertiary/aromatic N) is 1. The largest absolute Gasteiger partial charge is 0.285 e. The van der Waals surface area contributed by atoms with Gasteiger partial charge in [0.15, 0.2) is 0 Å². The van der Waals surface area contributed by atoms with E-state index in [0.29, 0.717) is 0 Å². The maximum absolute atomic E-state index is 4.58. The van der Waals surface area contributed by atoms with E-state index in [9.17, 15) is 0 Å². The average molecular weight is 207 g/mol. The van der Waals surface area contributed by atoms with Gasteiger partial charge < -0.3 is 0 Å². The monoisotopic (exact) mass is 207 g/mol. The zero-order chi connectivity index (χ0) is 11.0. The minimum Gasteiger partial charge on any atom is -0.285 e. The average Bonchev–Trinajstić information content (AvgIpc) is 2.49. The zero-order valence-electron chi connectivity index (χ0n) is 9.22. The normalized spacial score (nSPS) is 17.4. The number of hydrogen-bond donors (Lipinski definition) is 0. The van der Waals surface area contributed by atoms with Crippen molar-refractivity contribution in [3.8, 4) is 11.1 Å². The molecule has 0 aliphatic carbocycles. The third kappa shape index (κ3) is 1.36. The van der Waals surface area contributed by atoms with E-state index in [1.54, 1.807) is 0 Å². The highest BCUT2D eigenvalue weighted by Crippen LogP contribution is 2.33. The van der Waals surface area contributed by atoms with Crippen molar-refractivity contribution in [2.45, 2.75) is 13.0 Å². The van der Waals surface area contributed by atoms with Gasteiger partial charge in [0, 0.05) is 11.8 Å². The van der Waals surface area contributed by atoms with E-state index < -0.39 is 0 Å². The van der Waals surface area contributed by atoms with Crippen molar-refractivity contribution < 1.29 is 0 Å². The van der Waals surface area contributed by atoms with Crippen molar-refractivity contribution in [3.05, 3.63) is 59.7 Å². The fraction of sp³-hybridized carbons (Fsp3) is 0.133. The molecule has 0 bridgehead atoms. The molecule has 0 amide bonds. The molecule has 0 radical (unpaired) electrons. The number of rotatable bonds is 0. The van der Waals surface area contributed by atoms with E-state index in [1.165, 1.54) is 22.3 Å². The minimum atomic E-state index is 0.239. The van der Waals surface area contributed by atoms with E-state index in [-0.39, 0.29) is 6.04 Å². The smallest absolute Gasteiger partial charge is 0.0727 e. The maximum Gasteiger partial charge on any atom is 0.0727 e. The van der Waals surface area contributed by atoms with Gasteiger partial charge in [-0.15, -0.1) is 0 Å². The van der Waals surface area contributed by atoms with Gasteiger partial charge in [0.2, 0.25) is 0 Å². The van der Waals surface area contributed by atoms with E-state index in [2.05, 4.69) is 60.4 Å². The molecular weight excluding hydrogens is 194 g/mol. The molecule has 1 heterocycles. The van der Waals surface area contributed by atoms with Crippen molar-refractivity contribution in [1.82, 2.24) is 0 Å². The highest BCUT2D eigenvalue weighted by Gasteiger charge is 2.14. The fourth-order valence-electron chi connectivity index (χ4n) is 2.23. The Bertz CT molecular complexity index is 555. The standard InChI is InChI=1S/C15H13N/c1-11-13-7-4-5-9-15(13)14-8-3-2-6-12(14)10-16-11/h2-11H,1H3. The molecule has 78 valence electrons. The Morgan fingerprint density at radius 2 is 1.56 bits per heavy atom. The van der Waals surface area contributed by atoms with Gasteiger partial charge in [-0.05, 0) is 23.6 Å². The van der Waals surface area contributed by atoms with Crippen LogP contribution < -0.4 is 0 Å². The predicted octanol–water partition coefficient (Wildman–Crippen LogP) is 3.85. The Balaban J connectivity index is 2.34. The molecule has 16 heavy (non-hydrogen) atoms. The Labute approximate surface area is 95.5 Å². The van der Waals surface area contributed by atoms with Crippen LogP contribution in [0.25, 0.3) is 11.1 Å². The molecule has 0 spiro atoms. The van der Waals surface area contributed by atoms with E-state index >= 15 is 0 Å². The second-order valence-electron chi connectivity index (χ2n) is 4.13. The van der Waals surface area contributed by atoms with E-state index in [1.807, 2.05) is 6.21 Å². The number of hydrogen-bond acceptors (Lipinski definition) is 1. The molecule has 1 atom stereocenters. The van der Waals surface area contributed by atoms with Gasteiger partial charge >= 0.3 is 0 Å². The van der Waals surface area contributed by atoms with Gasteiger partial charge in [-0.2, -0.15) is 0 Å². The fourth-order valence-corrected chi connectivity index (χ4v) is 2.23. The first-order valence-electron chi connectivity index (χ1n) is 5.58. The second kappa shape index (κ2) is 3.60. The summed E-state index contributed by atoms with van der Waals surface area (Å²) in [5.74, 6) is 0. The van der Waals surface area contributed by atoms with Gasteiger partial charge in [0.25, 0.3) is 0 Å². The van der Waals surface area contributed by atoms with Crippen LogP contribution in [0, 0.1) is 0 Å². The Hall–Kier alpha value is -1.89. The van der Waals surface area contributed by atoms with Crippen molar-refractivity contribution in [2.24, 2.45) is 4.99 Å². The zero-order valence-corrected chi connectivity index (χ0v) is 9.22. The van der Waals surface area contributed by atoms with Crippen LogP contribution >= 0.6 is 0 Å². The van der Waals surface area contributed by atoms with E-state index in [4.69, 9.17) is 0 Å². The van der Waals surface area contributed by atoms with E-state index in [0.717, 1.165) is 0 Å². The summed E-state index contributed by atoms with van der Waals surface area (Å²) in [6.45, 7) is 2.14. The SMILES string of the molecule is CC1N=Cc2ccccc2-c2ccccc21. The Morgan fingerprint density at radius 1 is 0.875 bits per heavy atom. The van der Waals surface area contributed by atoms with Crippen LogP contribution in [-0.4, -0.2) is 6.21 Å². The molecular formula is C15H13N. The van der Waals surface area contributed by atoms with Gasteiger partial charge in [0.05, 0.1) is 6.04 Å². The first kappa shape index (κ1) is 9.34. The summed E-state index contributed by atoms with van der Waals surface area (Å²) in [6, 6.07) is 17.2. The van der Waals surface area contributed by atoms with Gasteiger partial charge in [-0.3, -0.25) is 4.99 Å². The molecule has 2 aromatic rings. The second-order valence-corrected chi connectivity index (χ2v) is 4.13. The molecule has 1 nitrogen and oxygen atoms in total. The van der Waals surface area contributed by atoms with Crippen LogP contribution in [0.5, 0.6) is 0 Å². The van der Waals surface area contributed by atoms with Crippen LogP contribution in [0.3, 0.4) is 0 Å². The Morgan fingerprint density at radius 3 is 2.44 bits per heavy atom. The van der Waals surface area contributed by atoms with Crippen LogP contribution in [0.2, 0.25) is 0 Å². The Kier molecular flexibility index (Phi) is 2.10. The molecule has 1 aliphatic heterocycles. The van der Waals surface area contributed by atoms with Crippen molar-refractivity contribution in [1.29, 1.82) is 0 Å². The molecule has 0 aromatic heterocycles. The maximum atomic E-state index is 4.58. The molecule has 0 saturated heterocycles. The van der Waals surface area contributed by atoms with Crippen LogP contribution in [0.4, 0.5) is 0 Å². The highest BCUT2D eigenvalue weighted by atomic mass is 14.8. The third-order valence-electron chi connectivity index (χ3n) is 3.10. The summed E-state index contributed by atoms with van der Waals surface area (Å²) in [7, 11) is 0. The first-order valence-corrected chi connectivity index (χ1v) is 5.58. The topological polar surface area (TPSA) is 12.4 Å². The summed E-state index contributed by atoms with van der Waals surface area (Å²) < 4.78 is 0. The number of fused-ring (bicyclic) bond motifs is 3. The molecule has 1 aliphatic rings. The predicted molar refractivity (Wildman–Crippen MR) is 67.9 cm³/mol. The lowest BCUT2D eigenvalue weighted by Gasteiger charge is -2.10. The summed E-state index contributed by atoms with van der Waals surface area (Å²) >= 11 is 0. The molecule has 0 N–H and O–H groups in total. The number of aliphatic imine (C=N–C) groups is 1. The summed E-state index contributed by atoms with van der Waals surface area (Å²) in [5, 5.41) is 0. The van der Waals surface area contributed by atoms with Crippen molar-refractivity contribution in [3.63, 3.8) is 0 Å². The lowest BCUT2D eigenvalue weighted by atomic mass is 9.94. The lowest BCUT2D eigenvalue weighted by Crippen LogP contribution is -1.91.